The molecule has 0 radical (unpaired) electrons. The number of hydrogen-bond acceptors (Lipinski definition) is 1. The fourth-order valence-corrected chi connectivity index (χ4v) is 3.65. The predicted molar refractivity (Wildman–Crippen MR) is 68.1 cm³/mol. The summed E-state index contributed by atoms with van der Waals surface area (Å²) in [5.41, 5.74) is -1.39. The van der Waals surface area contributed by atoms with Crippen molar-refractivity contribution in [1.82, 2.24) is 5.32 Å². The van der Waals surface area contributed by atoms with Crippen LogP contribution in [0, 0.1) is 6.92 Å². The zero-order chi connectivity index (χ0) is 14.5. The molecular formula is C15H17F4N. The molecule has 1 N–H and O–H groups in total. The number of nitrogens with one attached hydrogen (secondary N) is 1. The first-order valence-corrected chi connectivity index (χ1v) is 6.91. The molecule has 2 bridgehead atoms. The molecule has 5 heteroatoms. The summed E-state index contributed by atoms with van der Waals surface area (Å²) in [4.78, 5) is 0. The summed E-state index contributed by atoms with van der Waals surface area (Å²) >= 11 is 0. The Kier molecular flexibility index (Phi) is 3.08. The third-order valence-electron chi connectivity index (χ3n) is 4.51. The number of halogens is 4. The molecule has 2 aliphatic heterocycles. The van der Waals surface area contributed by atoms with Crippen molar-refractivity contribution in [3.8, 4) is 0 Å². The van der Waals surface area contributed by atoms with Gasteiger partial charge in [-0.1, -0.05) is 6.07 Å². The number of benzene rings is 1. The molecule has 2 aliphatic rings. The van der Waals surface area contributed by atoms with E-state index < -0.39 is 17.4 Å². The van der Waals surface area contributed by atoms with Gasteiger partial charge in [0, 0.05) is 24.9 Å². The van der Waals surface area contributed by atoms with Gasteiger partial charge in [0.1, 0.15) is 5.67 Å². The Morgan fingerprint density at radius 2 is 1.75 bits per heavy atom. The van der Waals surface area contributed by atoms with Crippen LogP contribution in [0.25, 0.3) is 0 Å². The van der Waals surface area contributed by atoms with E-state index >= 15 is 4.39 Å². The van der Waals surface area contributed by atoms with E-state index in [0.29, 0.717) is 24.0 Å². The minimum Gasteiger partial charge on any atom is -0.311 e. The van der Waals surface area contributed by atoms with Crippen molar-refractivity contribution in [2.45, 2.75) is 56.5 Å². The third-order valence-corrected chi connectivity index (χ3v) is 4.51. The Morgan fingerprint density at radius 1 is 1.15 bits per heavy atom. The van der Waals surface area contributed by atoms with Gasteiger partial charge in [-0.15, -0.1) is 0 Å². The molecular weight excluding hydrogens is 270 g/mol. The second kappa shape index (κ2) is 4.45. The monoisotopic (exact) mass is 287 g/mol. The van der Waals surface area contributed by atoms with Gasteiger partial charge < -0.3 is 5.32 Å². The first-order valence-electron chi connectivity index (χ1n) is 6.91. The predicted octanol–water partition coefficient (Wildman–Crippen LogP) is 4.09. The zero-order valence-corrected chi connectivity index (χ0v) is 11.2. The lowest BCUT2D eigenvalue weighted by Crippen LogP contribution is -2.44. The summed E-state index contributed by atoms with van der Waals surface area (Å²) in [6, 6.07) is 3.68. The maximum Gasteiger partial charge on any atom is 0.416 e. The second-order valence-corrected chi connectivity index (χ2v) is 6.04. The lowest BCUT2D eigenvalue weighted by atomic mass is 9.81. The summed E-state index contributed by atoms with van der Waals surface area (Å²) in [6.07, 6.45) is -1.75. The van der Waals surface area contributed by atoms with E-state index in [2.05, 4.69) is 5.32 Å². The molecule has 2 atom stereocenters. The van der Waals surface area contributed by atoms with Crippen molar-refractivity contribution in [1.29, 1.82) is 0 Å². The van der Waals surface area contributed by atoms with Crippen molar-refractivity contribution in [2.75, 3.05) is 0 Å². The number of hydrogen-bond donors (Lipinski definition) is 1. The molecule has 0 saturated carbocycles. The van der Waals surface area contributed by atoms with Gasteiger partial charge in [-0.2, -0.15) is 13.2 Å². The number of alkyl halides is 4. The van der Waals surface area contributed by atoms with E-state index in [-0.39, 0.29) is 12.1 Å². The maximum atomic E-state index is 15.2. The number of fused-ring (bicyclic) bond motifs is 2. The van der Waals surface area contributed by atoms with Gasteiger partial charge >= 0.3 is 6.18 Å². The summed E-state index contributed by atoms with van der Waals surface area (Å²) < 4.78 is 53.2. The van der Waals surface area contributed by atoms with E-state index in [1.54, 1.807) is 6.92 Å². The van der Waals surface area contributed by atoms with E-state index in [1.807, 2.05) is 0 Å². The minimum atomic E-state index is -4.38. The normalized spacial score (nSPS) is 33.5. The molecule has 2 saturated heterocycles. The van der Waals surface area contributed by atoms with Gasteiger partial charge in [-0.3, -0.25) is 0 Å². The number of rotatable bonds is 1. The number of aryl methyl sites for hydroxylation is 1. The molecule has 2 fully saturated rings. The standard InChI is InChI=1S/C15H17F4N/c1-9-6-10(15(17,18)19)2-5-13(9)14(16)7-11-3-4-12(8-14)20-11/h2,5-6,11-12,20H,3-4,7-8H2,1H3. The Bertz CT molecular complexity index is 511. The molecule has 2 heterocycles. The summed E-state index contributed by atoms with van der Waals surface area (Å²) in [7, 11) is 0. The van der Waals surface area contributed by atoms with Crippen molar-refractivity contribution in [3.63, 3.8) is 0 Å². The summed E-state index contributed by atoms with van der Waals surface area (Å²) in [5.74, 6) is 0. The molecule has 1 aromatic rings. The lowest BCUT2D eigenvalue weighted by molar-refractivity contribution is -0.137. The van der Waals surface area contributed by atoms with Crippen molar-refractivity contribution >= 4 is 0 Å². The molecule has 3 rings (SSSR count). The van der Waals surface area contributed by atoms with Gasteiger partial charge in [-0.05, 0) is 43.0 Å². The van der Waals surface area contributed by atoms with Crippen LogP contribution < -0.4 is 5.32 Å². The quantitative estimate of drug-likeness (QED) is 0.767. The van der Waals surface area contributed by atoms with Gasteiger partial charge in [0.15, 0.2) is 0 Å². The van der Waals surface area contributed by atoms with Crippen LogP contribution in [0.4, 0.5) is 17.6 Å². The highest BCUT2D eigenvalue weighted by Crippen LogP contribution is 2.45. The summed E-state index contributed by atoms with van der Waals surface area (Å²) in [5, 5.41) is 3.35. The van der Waals surface area contributed by atoms with E-state index in [4.69, 9.17) is 0 Å². The van der Waals surface area contributed by atoms with Crippen LogP contribution in [0.5, 0.6) is 0 Å². The molecule has 0 aliphatic carbocycles. The number of piperidine rings is 1. The van der Waals surface area contributed by atoms with Crippen LogP contribution in [0.3, 0.4) is 0 Å². The highest BCUT2D eigenvalue weighted by atomic mass is 19.4. The van der Waals surface area contributed by atoms with Crippen LogP contribution in [-0.4, -0.2) is 12.1 Å². The molecule has 0 spiro atoms. The van der Waals surface area contributed by atoms with Gasteiger partial charge in [-0.25, -0.2) is 4.39 Å². The molecule has 0 amide bonds. The second-order valence-electron chi connectivity index (χ2n) is 6.04. The fraction of sp³-hybridized carbons (Fsp3) is 0.600. The molecule has 2 unspecified atom stereocenters. The fourth-order valence-electron chi connectivity index (χ4n) is 3.65. The Balaban J connectivity index is 1.94. The average Bonchev–Trinajstić information content (AvgIpc) is 2.67. The Morgan fingerprint density at radius 3 is 2.25 bits per heavy atom. The average molecular weight is 287 g/mol. The SMILES string of the molecule is Cc1cc(C(F)(F)F)ccc1C1(F)CC2CCC(C1)N2. The molecule has 110 valence electrons. The Hall–Kier alpha value is -1.10. The van der Waals surface area contributed by atoms with Crippen LogP contribution in [0.2, 0.25) is 0 Å². The van der Waals surface area contributed by atoms with Gasteiger partial charge in [0.05, 0.1) is 5.56 Å². The topological polar surface area (TPSA) is 12.0 Å². The highest BCUT2D eigenvalue weighted by Gasteiger charge is 2.46. The van der Waals surface area contributed by atoms with Crippen molar-refractivity contribution in [2.24, 2.45) is 0 Å². The van der Waals surface area contributed by atoms with Crippen LogP contribution >= 0.6 is 0 Å². The zero-order valence-electron chi connectivity index (χ0n) is 11.2. The molecule has 20 heavy (non-hydrogen) atoms. The molecule has 1 nitrogen and oxygen atoms in total. The van der Waals surface area contributed by atoms with E-state index in [9.17, 15) is 13.2 Å². The lowest BCUT2D eigenvalue weighted by Gasteiger charge is -2.36. The Labute approximate surface area is 115 Å². The first-order chi connectivity index (χ1) is 9.28. The molecule has 1 aromatic carbocycles. The van der Waals surface area contributed by atoms with Crippen molar-refractivity contribution in [3.05, 3.63) is 34.9 Å². The van der Waals surface area contributed by atoms with E-state index in [0.717, 1.165) is 25.0 Å². The highest BCUT2D eigenvalue weighted by molar-refractivity contribution is 5.37. The van der Waals surface area contributed by atoms with Crippen LogP contribution in [-0.2, 0) is 11.8 Å². The maximum absolute atomic E-state index is 15.2. The molecule has 0 aromatic heterocycles. The smallest absolute Gasteiger partial charge is 0.311 e. The largest absolute Gasteiger partial charge is 0.416 e. The third kappa shape index (κ3) is 2.32. The minimum absolute atomic E-state index is 0.153. The van der Waals surface area contributed by atoms with E-state index in [1.165, 1.54) is 6.07 Å². The van der Waals surface area contributed by atoms with Crippen LogP contribution in [0.1, 0.15) is 42.4 Å². The summed E-state index contributed by atoms with van der Waals surface area (Å²) in [6.45, 7) is 1.57. The van der Waals surface area contributed by atoms with Gasteiger partial charge in [0.2, 0.25) is 0 Å². The first kappa shape index (κ1) is 13.9. The van der Waals surface area contributed by atoms with Crippen molar-refractivity contribution < 1.29 is 17.6 Å². The van der Waals surface area contributed by atoms with Crippen LogP contribution in [0.15, 0.2) is 18.2 Å². The van der Waals surface area contributed by atoms with Gasteiger partial charge in [0.25, 0.3) is 0 Å².